The quantitative estimate of drug-likeness (QED) is 0.708. The summed E-state index contributed by atoms with van der Waals surface area (Å²) in [5.41, 5.74) is 0. The van der Waals surface area contributed by atoms with Crippen molar-refractivity contribution in [1.82, 2.24) is 15.2 Å². The van der Waals surface area contributed by atoms with E-state index in [1.807, 2.05) is 6.07 Å². The van der Waals surface area contributed by atoms with Crippen LogP contribution in [-0.2, 0) is 0 Å². The van der Waals surface area contributed by atoms with Crippen LogP contribution in [0.3, 0.4) is 0 Å². The van der Waals surface area contributed by atoms with Crippen LogP contribution >= 0.6 is 11.3 Å². The maximum Gasteiger partial charge on any atom is 0.165 e. The molecule has 2 rings (SSSR count). The minimum Gasteiger partial charge on any atom is -0.297 e. The van der Waals surface area contributed by atoms with E-state index in [-0.39, 0.29) is 0 Å². The first kappa shape index (κ1) is 7.17. The van der Waals surface area contributed by atoms with E-state index in [9.17, 15) is 4.79 Å². The molecule has 5 heteroatoms. The van der Waals surface area contributed by atoms with Gasteiger partial charge in [0.15, 0.2) is 12.1 Å². The zero-order chi connectivity index (χ0) is 8.39. The summed E-state index contributed by atoms with van der Waals surface area (Å²) in [5, 5.41) is 6.44. The third-order valence-electron chi connectivity index (χ3n) is 1.39. The lowest BCUT2D eigenvalue weighted by molar-refractivity contribution is 0.112. The van der Waals surface area contributed by atoms with Gasteiger partial charge in [-0.1, -0.05) is 0 Å². The monoisotopic (exact) mass is 179 g/mol. The second-order valence-electron chi connectivity index (χ2n) is 2.15. The first-order valence-corrected chi connectivity index (χ1v) is 4.12. The van der Waals surface area contributed by atoms with E-state index in [0.29, 0.717) is 10.7 Å². The van der Waals surface area contributed by atoms with Gasteiger partial charge in [0.05, 0.1) is 9.75 Å². The third kappa shape index (κ3) is 1.14. The molecule has 0 spiro atoms. The lowest BCUT2D eigenvalue weighted by Crippen LogP contribution is -1.73. The number of aldehydes is 1. The molecule has 2 heterocycles. The first-order chi connectivity index (χ1) is 5.90. The Bertz CT molecular complexity index is 379. The number of thiophene rings is 1. The van der Waals surface area contributed by atoms with Gasteiger partial charge in [-0.05, 0) is 12.1 Å². The highest BCUT2D eigenvalue weighted by Crippen LogP contribution is 2.23. The molecule has 0 saturated carbocycles. The highest BCUT2D eigenvalue weighted by Gasteiger charge is 2.03. The van der Waals surface area contributed by atoms with Gasteiger partial charge in [-0.3, -0.25) is 9.89 Å². The van der Waals surface area contributed by atoms with Crippen molar-refractivity contribution in [1.29, 1.82) is 0 Å². The Morgan fingerprint density at radius 3 is 3.00 bits per heavy atom. The Balaban J connectivity index is 2.41. The number of aromatic nitrogens is 3. The summed E-state index contributed by atoms with van der Waals surface area (Å²) in [6.45, 7) is 0. The molecule has 0 bridgehead atoms. The number of rotatable bonds is 2. The van der Waals surface area contributed by atoms with E-state index in [0.717, 1.165) is 11.2 Å². The van der Waals surface area contributed by atoms with E-state index in [1.54, 1.807) is 6.07 Å². The second kappa shape index (κ2) is 2.86. The molecule has 2 aromatic heterocycles. The van der Waals surface area contributed by atoms with Gasteiger partial charge >= 0.3 is 0 Å². The van der Waals surface area contributed by atoms with Crippen molar-refractivity contribution in [3.63, 3.8) is 0 Å². The molecule has 0 amide bonds. The Morgan fingerprint density at radius 1 is 1.50 bits per heavy atom. The van der Waals surface area contributed by atoms with Gasteiger partial charge in [-0.2, -0.15) is 5.10 Å². The number of nitrogens with zero attached hydrogens (tertiary/aromatic N) is 2. The van der Waals surface area contributed by atoms with Gasteiger partial charge in [-0.25, -0.2) is 4.98 Å². The van der Waals surface area contributed by atoms with Crippen LogP contribution < -0.4 is 0 Å². The molecule has 1 N–H and O–H groups in total. The van der Waals surface area contributed by atoms with Crippen LogP contribution in [0.5, 0.6) is 0 Å². The number of H-pyrrole nitrogens is 1. The summed E-state index contributed by atoms with van der Waals surface area (Å²) in [7, 11) is 0. The number of hydrogen-bond acceptors (Lipinski definition) is 4. The Morgan fingerprint density at radius 2 is 2.42 bits per heavy atom. The summed E-state index contributed by atoms with van der Waals surface area (Å²) >= 11 is 1.39. The fraction of sp³-hybridized carbons (Fsp3) is 0. The smallest absolute Gasteiger partial charge is 0.165 e. The predicted molar refractivity (Wildman–Crippen MR) is 45.1 cm³/mol. The lowest BCUT2D eigenvalue weighted by atomic mass is 10.4. The minimum atomic E-state index is 0.696. The van der Waals surface area contributed by atoms with Crippen LogP contribution in [0, 0.1) is 0 Å². The summed E-state index contributed by atoms with van der Waals surface area (Å²) in [5.74, 6) is 0.702. The van der Waals surface area contributed by atoms with Gasteiger partial charge in [0.2, 0.25) is 0 Å². The molecule has 0 fully saturated rings. The summed E-state index contributed by atoms with van der Waals surface area (Å²) in [4.78, 5) is 15.9. The number of hydrogen-bond donors (Lipinski definition) is 1. The molecule has 4 nitrogen and oxygen atoms in total. The van der Waals surface area contributed by atoms with Crippen molar-refractivity contribution in [2.24, 2.45) is 0 Å². The van der Waals surface area contributed by atoms with Gasteiger partial charge in [0.25, 0.3) is 0 Å². The average Bonchev–Trinajstić information content (AvgIpc) is 2.75. The Hall–Kier alpha value is -1.49. The Labute approximate surface area is 72.3 Å². The van der Waals surface area contributed by atoms with Crippen molar-refractivity contribution in [2.45, 2.75) is 0 Å². The molecule has 0 aliphatic rings. The molecule has 0 saturated heterocycles. The molecule has 0 unspecified atom stereocenters. The number of aromatic amines is 1. The lowest BCUT2D eigenvalue weighted by Gasteiger charge is -1.84. The first-order valence-electron chi connectivity index (χ1n) is 3.31. The van der Waals surface area contributed by atoms with Crippen LogP contribution in [0.25, 0.3) is 10.7 Å². The van der Waals surface area contributed by atoms with E-state index in [2.05, 4.69) is 15.2 Å². The SMILES string of the molecule is O=Cc1ccc(-c2ncn[nH]2)s1. The van der Waals surface area contributed by atoms with Crippen molar-refractivity contribution in [3.8, 4) is 10.7 Å². The number of nitrogens with one attached hydrogen (secondary N) is 1. The van der Waals surface area contributed by atoms with Crippen LogP contribution in [0.15, 0.2) is 18.5 Å². The topological polar surface area (TPSA) is 58.6 Å². The molecule has 2 aromatic rings. The normalized spacial score (nSPS) is 10.0. The molecule has 60 valence electrons. The molecule has 12 heavy (non-hydrogen) atoms. The van der Waals surface area contributed by atoms with Crippen molar-refractivity contribution in [3.05, 3.63) is 23.3 Å². The van der Waals surface area contributed by atoms with Crippen molar-refractivity contribution < 1.29 is 4.79 Å². The zero-order valence-corrected chi connectivity index (χ0v) is 6.84. The van der Waals surface area contributed by atoms with E-state index in [4.69, 9.17) is 0 Å². The van der Waals surface area contributed by atoms with Crippen LogP contribution in [0.1, 0.15) is 9.67 Å². The van der Waals surface area contributed by atoms with Gasteiger partial charge in [-0.15, -0.1) is 11.3 Å². The van der Waals surface area contributed by atoms with Crippen molar-refractivity contribution >= 4 is 17.6 Å². The highest BCUT2D eigenvalue weighted by atomic mass is 32.1. The van der Waals surface area contributed by atoms with E-state index >= 15 is 0 Å². The zero-order valence-electron chi connectivity index (χ0n) is 6.02. The molecular weight excluding hydrogens is 174 g/mol. The van der Waals surface area contributed by atoms with Gasteiger partial charge in [0, 0.05) is 0 Å². The van der Waals surface area contributed by atoms with Crippen LogP contribution in [0.2, 0.25) is 0 Å². The second-order valence-corrected chi connectivity index (χ2v) is 3.27. The van der Waals surface area contributed by atoms with E-state index in [1.165, 1.54) is 17.7 Å². The summed E-state index contributed by atoms with van der Waals surface area (Å²) < 4.78 is 0. The maximum atomic E-state index is 10.4. The van der Waals surface area contributed by atoms with Gasteiger partial charge in [0.1, 0.15) is 6.33 Å². The highest BCUT2D eigenvalue weighted by molar-refractivity contribution is 7.16. The molecule has 0 atom stereocenters. The minimum absolute atomic E-state index is 0.696. The number of carbonyl (C=O) groups is 1. The fourth-order valence-corrected chi connectivity index (χ4v) is 1.64. The third-order valence-corrected chi connectivity index (χ3v) is 2.41. The standard InChI is InChI=1S/C7H5N3OS/c11-3-5-1-2-6(12-5)7-8-4-9-10-7/h1-4H,(H,8,9,10). The molecule has 0 aromatic carbocycles. The average molecular weight is 179 g/mol. The largest absolute Gasteiger partial charge is 0.297 e. The fourth-order valence-electron chi connectivity index (χ4n) is 0.868. The number of carbonyl (C=O) groups excluding carboxylic acids is 1. The molecule has 0 radical (unpaired) electrons. The Kier molecular flexibility index (Phi) is 1.71. The molecule has 0 aliphatic heterocycles. The molecular formula is C7H5N3OS. The van der Waals surface area contributed by atoms with E-state index < -0.39 is 0 Å². The summed E-state index contributed by atoms with van der Waals surface area (Å²) in [6, 6.07) is 3.60. The summed E-state index contributed by atoms with van der Waals surface area (Å²) in [6.07, 6.45) is 2.26. The van der Waals surface area contributed by atoms with Crippen LogP contribution in [0.4, 0.5) is 0 Å². The maximum absolute atomic E-state index is 10.4. The predicted octanol–water partition coefficient (Wildman–Crippen LogP) is 1.35. The van der Waals surface area contributed by atoms with Gasteiger partial charge < -0.3 is 0 Å². The van der Waals surface area contributed by atoms with Crippen molar-refractivity contribution in [2.75, 3.05) is 0 Å². The molecule has 0 aliphatic carbocycles. The van der Waals surface area contributed by atoms with Crippen LogP contribution in [-0.4, -0.2) is 21.5 Å².